The topological polar surface area (TPSA) is 9.23 Å². The van der Waals surface area contributed by atoms with Crippen LogP contribution in [0.1, 0.15) is 115 Å². The van der Waals surface area contributed by atoms with Crippen molar-refractivity contribution < 1.29 is 4.74 Å². The highest BCUT2D eigenvalue weighted by Gasteiger charge is 2.13. The second-order valence-corrected chi connectivity index (χ2v) is 8.72. The Morgan fingerprint density at radius 3 is 2.33 bits per heavy atom. The predicted molar refractivity (Wildman–Crippen MR) is 119 cm³/mol. The Balaban J connectivity index is 1.45. The summed E-state index contributed by atoms with van der Waals surface area (Å²) < 4.78 is 5.99. The molecule has 0 aromatic heterocycles. The summed E-state index contributed by atoms with van der Waals surface area (Å²) in [4.78, 5) is 0. The van der Waals surface area contributed by atoms with E-state index in [-0.39, 0.29) is 0 Å². The summed E-state index contributed by atoms with van der Waals surface area (Å²) >= 11 is 0. The Bertz CT molecular complexity index is 461. The van der Waals surface area contributed by atoms with E-state index in [2.05, 4.69) is 31.2 Å². The lowest BCUT2D eigenvalue weighted by Crippen LogP contribution is -1.98. The molecular formula is C26H44O. The van der Waals surface area contributed by atoms with Gasteiger partial charge in [-0.2, -0.15) is 0 Å². The first-order chi connectivity index (χ1) is 13.4. The van der Waals surface area contributed by atoms with E-state index in [0.29, 0.717) is 0 Å². The zero-order valence-corrected chi connectivity index (χ0v) is 18.0. The van der Waals surface area contributed by atoms with E-state index in [0.717, 1.165) is 18.3 Å². The fourth-order valence-corrected chi connectivity index (χ4v) is 4.45. The number of aryl methyl sites for hydroxylation is 1. The summed E-state index contributed by atoms with van der Waals surface area (Å²) in [5.74, 6) is 2.14. The van der Waals surface area contributed by atoms with Gasteiger partial charge in [-0.25, -0.2) is 0 Å². The van der Waals surface area contributed by atoms with Crippen molar-refractivity contribution in [3.63, 3.8) is 0 Å². The lowest BCUT2D eigenvalue weighted by atomic mass is 9.99. The van der Waals surface area contributed by atoms with Gasteiger partial charge in [-0.3, -0.25) is 0 Å². The minimum Gasteiger partial charge on any atom is -0.494 e. The third kappa shape index (κ3) is 10.8. The van der Waals surface area contributed by atoms with Gasteiger partial charge >= 0.3 is 0 Å². The highest BCUT2D eigenvalue weighted by atomic mass is 16.5. The lowest BCUT2D eigenvalue weighted by molar-refractivity contribution is 0.303. The second kappa shape index (κ2) is 15.0. The molecule has 0 atom stereocenters. The van der Waals surface area contributed by atoms with Crippen molar-refractivity contribution in [1.29, 1.82) is 0 Å². The summed E-state index contributed by atoms with van der Waals surface area (Å²) in [6.45, 7) is 3.16. The first-order valence-corrected chi connectivity index (χ1v) is 12.1. The van der Waals surface area contributed by atoms with Gasteiger partial charge < -0.3 is 4.74 Å². The zero-order valence-electron chi connectivity index (χ0n) is 18.0. The standard InChI is InChI=1S/C26H44O/c1-2-3-4-5-7-11-19-25-20-15-21-26(23-25)27-22-14-9-6-8-10-16-24-17-12-13-18-24/h15,20-21,23-24H,2-14,16-19,22H2,1H3. The average Bonchev–Trinajstić information content (AvgIpc) is 3.20. The fourth-order valence-electron chi connectivity index (χ4n) is 4.45. The molecule has 1 aliphatic carbocycles. The minimum atomic E-state index is 0.878. The molecule has 0 bridgehead atoms. The molecule has 0 unspecified atom stereocenters. The van der Waals surface area contributed by atoms with Crippen molar-refractivity contribution in [3.05, 3.63) is 29.8 Å². The Labute approximate surface area is 169 Å². The molecule has 0 radical (unpaired) electrons. The van der Waals surface area contributed by atoms with Crippen LogP contribution in [-0.2, 0) is 6.42 Å². The Kier molecular flexibility index (Phi) is 12.4. The van der Waals surface area contributed by atoms with Gasteiger partial charge in [0.15, 0.2) is 0 Å². The molecule has 2 rings (SSSR count). The van der Waals surface area contributed by atoms with E-state index in [1.807, 2.05) is 0 Å². The molecule has 0 aliphatic heterocycles. The van der Waals surface area contributed by atoms with Crippen LogP contribution in [-0.4, -0.2) is 6.61 Å². The number of ether oxygens (including phenoxy) is 1. The van der Waals surface area contributed by atoms with E-state index < -0.39 is 0 Å². The molecule has 0 heterocycles. The maximum atomic E-state index is 5.99. The van der Waals surface area contributed by atoms with Crippen molar-refractivity contribution in [2.75, 3.05) is 6.61 Å². The van der Waals surface area contributed by atoms with Crippen LogP contribution in [0.2, 0.25) is 0 Å². The van der Waals surface area contributed by atoms with Crippen molar-refractivity contribution in [2.45, 2.75) is 116 Å². The SMILES string of the molecule is CCCCCCCCc1cccc(OCCCCCCCC2CCCC2)c1. The Morgan fingerprint density at radius 1 is 0.815 bits per heavy atom. The third-order valence-corrected chi connectivity index (χ3v) is 6.22. The van der Waals surface area contributed by atoms with Gasteiger partial charge in [-0.1, -0.05) is 109 Å². The Hall–Kier alpha value is -0.980. The summed E-state index contributed by atoms with van der Waals surface area (Å²) in [6.07, 6.45) is 23.7. The number of benzene rings is 1. The largest absolute Gasteiger partial charge is 0.494 e. The molecule has 1 aromatic rings. The number of rotatable bonds is 16. The zero-order chi connectivity index (χ0) is 19.0. The second-order valence-electron chi connectivity index (χ2n) is 8.72. The minimum absolute atomic E-state index is 0.878. The highest BCUT2D eigenvalue weighted by molar-refractivity contribution is 5.28. The summed E-state index contributed by atoms with van der Waals surface area (Å²) in [7, 11) is 0. The monoisotopic (exact) mass is 372 g/mol. The molecule has 0 amide bonds. The van der Waals surface area contributed by atoms with Crippen LogP contribution < -0.4 is 4.74 Å². The van der Waals surface area contributed by atoms with Crippen molar-refractivity contribution >= 4 is 0 Å². The molecule has 1 aliphatic rings. The molecule has 1 aromatic carbocycles. The third-order valence-electron chi connectivity index (χ3n) is 6.22. The van der Waals surface area contributed by atoms with Crippen LogP contribution in [0.4, 0.5) is 0 Å². The van der Waals surface area contributed by atoms with Gasteiger partial charge in [0.2, 0.25) is 0 Å². The summed E-state index contributed by atoms with van der Waals surface area (Å²) in [5.41, 5.74) is 1.44. The molecular weight excluding hydrogens is 328 g/mol. The van der Waals surface area contributed by atoms with Crippen molar-refractivity contribution in [1.82, 2.24) is 0 Å². The van der Waals surface area contributed by atoms with Gasteiger partial charge in [0.05, 0.1) is 6.61 Å². The maximum absolute atomic E-state index is 5.99. The molecule has 154 valence electrons. The van der Waals surface area contributed by atoms with Gasteiger partial charge in [0.1, 0.15) is 5.75 Å². The van der Waals surface area contributed by atoms with E-state index in [1.54, 1.807) is 0 Å². The Morgan fingerprint density at radius 2 is 1.52 bits per heavy atom. The van der Waals surface area contributed by atoms with Crippen LogP contribution in [0.5, 0.6) is 5.75 Å². The quantitative estimate of drug-likeness (QED) is 0.264. The van der Waals surface area contributed by atoms with Crippen molar-refractivity contribution in [2.24, 2.45) is 5.92 Å². The summed E-state index contributed by atoms with van der Waals surface area (Å²) in [5, 5.41) is 0. The maximum Gasteiger partial charge on any atom is 0.119 e. The number of hydrogen-bond donors (Lipinski definition) is 0. The van der Waals surface area contributed by atoms with Gasteiger partial charge in [-0.05, 0) is 42.9 Å². The van der Waals surface area contributed by atoms with E-state index in [4.69, 9.17) is 4.74 Å². The van der Waals surface area contributed by atoms with Crippen LogP contribution in [0.3, 0.4) is 0 Å². The first-order valence-electron chi connectivity index (χ1n) is 12.1. The van der Waals surface area contributed by atoms with Gasteiger partial charge in [0, 0.05) is 0 Å². The normalized spacial score (nSPS) is 14.7. The molecule has 1 fully saturated rings. The molecule has 0 saturated heterocycles. The fraction of sp³-hybridized carbons (Fsp3) is 0.769. The summed E-state index contributed by atoms with van der Waals surface area (Å²) in [6, 6.07) is 8.79. The van der Waals surface area contributed by atoms with Crippen LogP contribution >= 0.6 is 0 Å². The molecule has 27 heavy (non-hydrogen) atoms. The van der Waals surface area contributed by atoms with Crippen molar-refractivity contribution in [3.8, 4) is 5.75 Å². The van der Waals surface area contributed by atoms with E-state index >= 15 is 0 Å². The highest BCUT2D eigenvalue weighted by Crippen LogP contribution is 2.29. The molecule has 0 N–H and O–H groups in total. The first kappa shape index (κ1) is 22.3. The predicted octanol–water partition coefficient (Wildman–Crippen LogP) is 8.50. The molecule has 1 heteroatoms. The van der Waals surface area contributed by atoms with Crippen LogP contribution in [0.25, 0.3) is 0 Å². The van der Waals surface area contributed by atoms with Gasteiger partial charge in [-0.15, -0.1) is 0 Å². The van der Waals surface area contributed by atoms with E-state index in [9.17, 15) is 0 Å². The molecule has 1 nitrogen and oxygen atoms in total. The van der Waals surface area contributed by atoms with Crippen LogP contribution in [0.15, 0.2) is 24.3 Å². The number of unbranched alkanes of at least 4 members (excludes halogenated alkanes) is 9. The van der Waals surface area contributed by atoms with E-state index in [1.165, 1.54) is 115 Å². The smallest absolute Gasteiger partial charge is 0.119 e. The molecule has 0 spiro atoms. The number of hydrogen-bond acceptors (Lipinski definition) is 1. The lowest BCUT2D eigenvalue weighted by Gasteiger charge is -2.09. The van der Waals surface area contributed by atoms with Gasteiger partial charge in [0.25, 0.3) is 0 Å². The average molecular weight is 373 g/mol. The van der Waals surface area contributed by atoms with Crippen LogP contribution in [0, 0.1) is 5.92 Å². The molecule has 1 saturated carbocycles.